The third-order valence-electron chi connectivity index (χ3n) is 3.53. The van der Waals surface area contributed by atoms with Gasteiger partial charge in [-0.15, -0.1) is 0 Å². The minimum absolute atomic E-state index is 0.0318. The third-order valence-corrected chi connectivity index (χ3v) is 3.53. The first-order valence-corrected chi connectivity index (χ1v) is 6.47. The normalized spacial score (nSPS) is 17.1. The number of cyclic esters (lactones) is 1. The topological polar surface area (TPSA) is 35.5 Å². The highest BCUT2D eigenvalue weighted by atomic mass is 19.4. The van der Waals surface area contributed by atoms with E-state index in [1.54, 1.807) is 24.3 Å². The molecule has 2 aromatic rings. The molecule has 0 aromatic heterocycles. The Morgan fingerprint density at radius 1 is 1.09 bits per heavy atom. The summed E-state index contributed by atoms with van der Waals surface area (Å²) in [6.45, 7) is 0. The number of carbonyl (C=O) groups excluding carboxylic acids is 1. The number of benzene rings is 2. The largest absolute Gasteiger partial charge is 0.496 e. The van der Waals surface area contributed by atoms with Gasteiger partial charge in [-0.2, -0.15) is 13.2 Å². The van der Waals surface area contributed by atoms with Crippen molar-refractivity contribution < 1.29 is 27.4 Å². The van der Waals surface area contributed by atoms with Crippen LogP contribution in [0.25, 0.3) is 0 Å². The Morgan fingerprint density at radius 2 is 1.82 bits per heavy atom. The molecule has 0 spiro atoms. The van der Waals surface area contributed by atoms with Crippen molar-refractivity contribution in [1.29, 1.82) is 0 Å². The van der Waals surface area contributed by atoms with E-state index in [1.165, 1.54) is 13.2 Å². The molecule has 114 valence electrons. The summed E-state index contributed by atoms with van der Waals surface area (Å²) in [6, 6.07) is 9.91. The van der Waals surface area contributed by atoms with Gasteiger partial charge < -0.3 is 9.47 Å². The fraction of sp³-hybridized carbons (Fsp3) is 0.188. The van der Waals surface area contributed by atoms with Gasteiger partial charge in [0, 0.05) is 11.1 Å². The van der Waals surface area contributed by atoms with Gasteiger partial charge >= 0.3 is 12.1 Å². The number of carbonyl (C=O) groups is 1. The molecule has 6 heteroatoms. The summed E-state index contributed by atoms with van der Waals surface area (Å²) in [4.78, 5) is 11.8. The first-order chi connectivity index (χ1) is 10.4. The van der Waals surface area contributed by atoms with E-state index in [0.29, 0.717) is 16.7 Å². The number of esters is 1. The van der Waals surface area contributed by atoms with Gasteiger partial charge in [0.15, 0.2) is 6.10 Å². The average Bonchev–Trinajstić information content (AvgIpc) is 2.83. The highest BCUT2D eigenvalue weighted by Crippen LogP contribution is 2.41. The quantitative estimate of drug-likeness (QED) is 0.787. The van der Waals surface area contributed by atoms with Crippen LogP contribution in [0.2, 0.25) is 0 Å². The lowest BCUT2D eigenvalue weighted by Crippen LogP contribution is -2.08. The smallest absolute Gasteiger partial charge is 0.416 e. The van der Waals surface area contributed by atoms with Crippen molar-refractivity contribution in [1.82, 2.24) is 0 Å². The molecule has 0 saturated heterocycles. The van der Waals surface area contributed by atoms with Crippen LogP contribution >= 0.6 is 0 Å². The molecule has 1 unspecified atom stereocenters. The lowest BCUT2D eigenvalue weighted by atomic mass is 9.97. The summed E-state index contributed by atoms with van der Waals surface area (Å²) in [6.07, 6.45) is -5.23. The zero-order valence-electron chi connectivity index (χ0n) is 11.5. The van der Waals surface area contributed by atoms with Crippen LogP contribution in [0, 0.1) is 0 Å². The predicted molar refractivity (Wildman–Crippen MR) is 71.7 cm³/mol. The van der Waals surface area contributed by atoms with E-state index in [-0.39, 0.29) is 5.75 Å². The van der Waals surface area contributed by atoms with Crippen LogP contribution in [-0.4, -0.2) is 13.1 Å². The molecule has 2 aromatic carbocycles. The average molecular weight is 308 g/mol. The molecule has 0 saturated carbocycles. The van der Waals surface area contributed by atoms with E-state index in [1.807, 2.05) is 0 Å². The lowest BCUT2D eigenvalue weighted by molar-refractivity contribution is -0.137. The number of rotatable bonds is 2. The minimum atomic E-state index is -4.46. The molecule has 0 amide bonds. The van der Waals surface area contributed by atoms with Crippen LogP contribution in [0.5, 0.6) is 5.75 Å². The van der Waals surface area contributed by atoms with Gasteiger partial charge in [-0.25, -0.2) is 4.79 Å². The van der Waals surface area contributed by atoms with Crippen molar-refractivity contribution in [3.8, 4) is 5.75 Å². The molecule has 1 aliphatic rings. The molecule has 0 aliphatic carbocycles. The predicted octanol–water partition coefficient (Wildman–Crippen LogP) is 3.97. The Kier molecular flexibility index (Phi) is 3.31. The third kappa shape index (κ3) is 2.30. The standard InChI is InChI=1S/C16H11F3O3/c1-21-13-8-9(16(17,18)19)6-7-12(13)14-10-4-2-3-5-11(10)15(20)22-14/h2-8,14H,1H3. The van der Waals surface area contributed by atoms with Crippen LogP contribution < -0.4 is 4.74 Å². The van der Waals surface area contributed by atoms with E-state index >= 15 is 0 Å². The minimum Gasteiger partial charge on any atom is -0.496 e. The maximum atomic E-state index is 12.8. The van der Waals surface area contributed by atoms with Gasteiger partial charge in [0.1, 0.15) is 5.75 Å². The zero-order chi connectivity index (χ0) is 15.9. The molecule has 0 fully saturated rings. The molecule has 0 N–H and O–H groups in total. The lowest BCUT2D eigenvalue weighted by Gasteiger charge is -2.17. The van der Waals surface area contributed by atoms with Crippen molar-refractivity contribution in [2.24, 2.45) is 0 Å². The van der Waals surface area contributed by atoms with Crippen molar-refractivity contribution in [2.75, 3.05) is 7.11 Å². The van der Waals surface area contributed by atoms with Crippen molar-refractivity contribution in [2.45, 2.75) is 12.3 Å². The van der Waals surface area contributed by atoms with Crippen LogP contribution in [0.15, 0.2) is 42.5 Å². The number of methoxy groups -OCH3 is 1. The fourth-order valence-corrected chi connectivity index (χ4v) is 2.48. The summed E-state index contributed by atoms with van der Waals surface area (Å²) in [7, 11) is 1.28. The summed E-state index contributed by atoms with van der Waals surface area (Å²) >= 11 is 0. The maximum absolute atomic E-state index is 12.8. The highest BCUT2D eigenvalue weighted by Gasteiger charge is 2.36. The molecule has 0 bridgehead atoms. The van der Waals surface area contributed by atoms with E-state index < -0.39 is 23.8 Å². The van der Waals surface area contributed by atoms with Gasteiger partial charge in [0.2, 0.25) is 0 Å². The van der Waals surface area contributed by atoms with Crippen LogP contribution in [0.4, 0.5) is 13.2 Å². The Balaban J connectivity index is 2.08. The summed E-state index contributed by atoms with van der Waals surface area (Å²) in [5.41, 5.74) is 0.597. The van der Waals surface area contributed by atoms with Gasteiger partial charge in [-0.3, -0.25) is 0 Å². The van der Waals surface area contributed by atoms with Crippen LogP contribution in [0.1, 0.15) is 33.2 Å². The summed E-state index contributed by atoms with van der Waals surface area (Å²) in [5.74, 6) is -0.466. The molecule has 3 rings (SSSR count). The number of hydrogen-bond acceptors (Lipinski definition) is 3. The van der Waals surface area contributed by atoms with Crippen molar-refractivity contribution in [3.63, 3.8) is 0 Å². The summed E-state index contributed by atoms with van der Waals surface area (Å²) in [5, 5.41) is 0. The second-order valence-corrected chi connectivity index (χ2v) is 4.83. The number of halogens is 3. The van der Waals surface area contributed by atoms with Gasteiger partial charge in [0.05, 0.1) is 18.2 Å². The Bertz CT molecular complexity index is 738. The first-order valence-electron chi connectivity index (χ1n) is 6.47. The number of alkyl halides is 3. The molecule has 1 atom stereocenters. The van der Waals surface area contributed by atoms with Gasteiger partial charge in [-0.1, -0.05) is 24.3 Å². The Hall–Kier alpha value is -2.50. The van der Waals surface area contributed by atoms with E-state index in [2.05, 4.69) is 0 Å². The molecule has 22 heavy (non-hydrogen) atoms. The SMILES string of the molecule is COc1cc(C(F)(F)F)ccc1C1OC(=O)c2ccccc21. The second kappa shape index (κ2) is 5.05. The molecule has 1 heterocycles. The summed E-state index contributed by atoms with van der Waals surface area (Å²) < 4.78 is 48.7. The Morgan fingerprint density at radius 3 is 2.50 bits per heavy atom. The molecule has 3 nitrogen and oxygen atoms in total. The van der Waals surface area contributed by atoms with Crippen LogP contribution in [0.3, 0.4) is 0 Å². The molecule has 0 radical (unpaired) electrons. The van der Waals surface area contributed by atoms with Gasteiger partial charge in [-0.05, 0) is 18.2 Å². The monoisotopic (exact) mass is 308 g/mol. The maximum Gasteiger partial charge on any atom is 0.416 e. The van der Waals surface area contributed by atoms with E-state index in [9.17, 15) is 18.0 Å². The van der Waals surface area contributed by atoms with E-state index in [0.717, 1.165) is 12.1 Å². The number of ether oxygens (including phenoxy) is 2. The zero-order valence-corrected chi connectivity index (χ0v) is 11.5. The molecular weight excluding hydrogens is 297 g/mol. The molecular formula is C16H11F3O3. The van der Waals surface area contributed by atoms with Crippen molar-refractivity contribution in [3.05, 3.63) is 64.7 Å². The molecule has 1 aliphatic heterocycles. The number of hydrogen-bond donors (Lipinski definition) is 0. The van der Waals surface area contributed by atoms with Crippen molar-refractivity contribution >= 4 is 5.97 Å². The Labute approximate surface area is 124 Å². The van der Waals surface area contributed by atoms with E-state index in [4.69, 9.17) is 9.47 Å². The highest BCUT2D eigenvalue weighted by molar-refractivity contribution is 5.94. The first kappa shape index (κ1) is 14.4. The van der Waals surface area contributed by atoms with Gasteiger partial charge in [0.25, 0.3) is 0 Å². The van der Waals surface area contributed by atoms with Crippen LogP contribution in [-0.2, 0) is 10.9 Å². The number of fused-ring (bicyclic) bond motifs is 1. The second-order valence-electron chi connectivity index (χ2n) is 4.83. The fourth-order valence-electron chi connectivity index (χ4n) is 2.48.